The molecule has 1 amide bonds. The van der Waals surface area contributed by atoms with Gasteiger partial charge in [-0.3, -0.25) is 4.79 Å². The van der Waals surface area contributed by atoms with Crippen molar-refractivity contribution in [3.8, 4) is 23.2 Å². The fourth-order valence-corrected chi connectivity index (χ4v) is 4.24. The van der Waals surface area contributed by atoms with Gasteiger partial charge in [0.1, 0.15) is 11.4 Å². The molecule has 2 heterocycles. The molecule has 0 atom stereocenters. The van der Waals surface area contributed by atoms with Gasteiger partial charge in [-0.15, -0.1) is 0 Å². The quantitative estimate of drug-likeness (QED) is 0.457. The Kier molecular flexibility index (Phi) is 7.81. The van der Waals surface area contributed by atoms with E-state index in [1.165, 1.54) is 0 Å². The first-order valence-electron chi connectivity index (χ1n) is 12.2. The lowest BCUT2D eigenvalue weighted by Gasteiger charge is -2.29. The van der Waals surface area contributed by atoms with Crippen LogP contribution >= 0.6 is 0 Å². The van der Waals surface area contributed by atoms with Crippen molar-refractivity contribution in [2.45, 2.75) is 38.8 Å². The van der Waals surface area contributed by atoms with Crippen molar-refractivity contribution in [1.29, 1.82) is 5.26 Å². The number of hydrogen-bond acceptors (Lipinski definition) is 7. The number of carbonyl (C=O) groups is 1. The van der Waals surface area contributed by atoms with Crippen molar-refractivity contribution in [1.82, 2.24) is 20.2 Å². The highest BCUT2D eigenvalue weighted by Gasteiger charge is 2.20. The molecule has 3 aromatic rings. The summed E-state index contributed by atoms with van der Waals surface area (Å²) in [6.45, 7) is 9.95. The number of amides is 1. The third-order valence-electron chi connectivity index (χ3n) is 6.18. The molecule has 1 aliphatic heterocycles. The van der Waals surface area contributed by atoms with Gasteiger partial charge in [-0.2, -0.15) is 5.26 Å². The molecule has 0 radical (unpaired) electrons. The van der Waals surface area contributed by atoms with E-state index in [1.54, 1.807) is 12.3 Å². The van der Waals surface area contributed by atoms with Crippen molar-refractivity contribution in [3.63, 3.8) is 0 Å². The second kappa shape index (κ2) is 11.2. The van der Waals surface area contributed by atoms with E-state index in [0.717, 1.165) is 48.0 Å². The maximum atomic E-state index is 12.9. The highest BCUT2D eigenvalue weighted by molar-refractivity contribution is 5.99. The van der Waals surface area contributed by atoms with E-state index in [-0.39, 0.29) is 18.1 Å². The molecule has 186 valence electrons. The molecule has 2 N–H and O–H groups in total. The van der Waals surface area contributed by atoms with Crippen LogP contribution in [0.4, 0.5) is 5.69 Å². The Bertz CT molecular complexity index is 1310. The predicted octanol–water partition coefficient (Wildman–Crippen LogP) is 4.40. The van der Waals surface area contributed by atoms with Gasteiger partial charge in [-0.05, 0) is 70.4 Å². The summed E-state index contributed by atoms with van der Waals surface area (Å²) in [5.74, 6) is 0.974. The monoisotopic (exact) mass is 484 g/mol. The van der Waals surface area contributed by atoms with Gasteiger partial charge in [0.05, 0.1) is 17.9 Å². The first-order chi connectivity index (χ1) is 17.3. The standard InChI is InChI=1S/C28H32N6O2/c1-18(2)36-25-8-7-20-5-6-21(15-23(20)26(25)31-17-19(3)16-29)27-30-12-9-24(33-27)28(35)32-22-10-13-34(4)14-11-22/h5-9,12,15,18,22,31H,3,10-11,13-14,17H2,1-2,4H3,(H,32,35). The summed E-state index contributed by atoms with van der Waals surface area (Å²) in [4.78, 5) is 24.2. The fourth-order valence-electron chi connectivity index (χ4n) is 4.24. The zero-order chi connectivity index (χ0) is 25.7. The van der Waals surface area contributed by atoms with E-state index in [4.69, 9.17) is 10.00 Å². The van der Waals surface area contributed by atoms with Gasteiger partial charge >= 0.3 is 0 Å². The first-order valence-corrected chi connectivity index (χ1v) is 12.2. The lowest BCUT2D eigenvalue weighted by Crippen LogP contribution is -2.43. The van der Waals surface area contributed by atoms with E-state index in [0.29, 0.717) is 29.4 Å². The van der Waals surface area contributed by atoms with E-state index < -0.39 is 0 Å². The zero-order valence-corrected chi connectivity index (χ0v) is 21.0. The number of ether oxygens (including phenoxy) is 1. The maximum absolute atomic E-state index is 12.9. The minimum Gasteiger partial charge on any atom is -0.489 e. The minimum absolute atomic E-state index is 0.0200. The molecule has 1 aliphatic rings. The van der Waals surface area contributed by atoms with Crippen LogP contribution in [0.1, 0.15) is 37.2 Å². The number of benzene rings is 2. The molecule has 1 fully saturated rings. The molecular weight excluding hydrogens is 452 g/mol. The molecule has 0 aliphatic carbocycles. The number of anilines is 1. The Balaban J connectivity index is 1.65. The third-order valence-corrected chi connectivity index (χ3v) is 6.18. The van der Waals surface area contributed by atoms with Crippen molar-refractivity contribution in [2.75, 3.05) is 32.0 Å². The van der Waals surface area contributed by atoms with Gasteiger partial charge in [-0.25, -0.2) is 9.97 Å². The fraction of sp³-hybridized carbons (Fsp3) is 0.357. The zero-order valence-electron chi connectivity index (χ0n) is 21.0. The average molecular weight is 485 g/mol. The number of hydrogen-bond donors (Lipinski definition) is 2. The third kappa shape index (κ3) is 5.99. The molecule has 8 heteroatoms. The van der Waals surface area contributed by atoms with Crippen molar-refractivity contribution >= 4 is 22.4 Å². The van der Waals surface area contributed by atoms with Gasteiger partial charge in [0.15, 0.2) is 5.82 Å². The van der Waals surface area contributed by atoms with E-state index in [1.807, 2.05) is 44.2 Å². The predicted molar refractivity (Wildman–Crippen MR) is 142 cm³/mol. The average Bonchev–Trinajstić information content (AvgIpc) is 2.88. The molecule has 0 unspecified atom stereocenters. The van der Waals surface area contributed by atoms with Gasteiger partial charge in [0, 0.05) is 35.3 Å². The first kappa shape index (κ1) is 25.1. The molecule has 0 spiro atoms. The van der Waals surface area contributed by atoms with Crippen LogP contribution in [-0.2, 0) is 0 Å². The van der Waals surface area contributed by atoms with Crippen LogP contribution < -0.4 is 15.4 Å². The second-order valence-corrected chi connectivity index (χ2v) is 9.43. The van der Waals surface area contributed by atoms with E-state index >= 15 is 0 Å². The molecule has 1 aromatic heterocycles. The molecule has 1 saturated heterocycles. The summed E-state index contributed by atoms with van der Waals surface area (Å²) in [6, 6.07) is 13.7. The Morgan fingerprint density at radius 2 is 2.00 bits per heavy atom. The molecule has 0 bridgehead atoms. The number of aromatic nitrogens is 2. The largest absolute Gasteiger partial charge is 0.489 e. The van der Waals surface area contributed by atoms with Crippen LogP contribution in [0.5, 0.6) is 5.75 Å². The summed E-state index contributed by atoms with van der Waals surface area (Å²) >= 11 is 0. The van der Waals surface area contributed by atoms with Gasteiger partial charge < -0.3 is 20.3 Å². The van der Waals surface area contributed by atoms with Crippen LogP contribution in [0.15, 0.2) is 54.7 Å². The minimum atomic E-state index is -0.181. The topological polar surface area (TPSA) is 103 Å². The summed E-state index contributed by atoms with van der Waals surface area (Å²) in [5, 5.41) is 17.5. The van der Waals surface area contributed by atoms with Gasteiger partial charge in [0.25, 0.3) is 5.91 Å². The lowest BCUT2D eigenvalue weighted by atomic mass is 10.0. The molecule has 4 rings (SSSR count). The summed E-state index contributed by atoms with van der Waals surface area (Å²) in [7, 11) is 2.09. The maximum Gasteiger partial charge on any atom is 0.270 e. The molecule has 2 aromatic carbocycles. The summed E-state index contributed by atoms with van der Waals surface area (Å²) < 4.78 is 6.03. The number of piperidine rings is 1. The summed E-state index contributed by atoms with van der Waals surface area (Å²) in [6.07, 6.45) is 3.46. The number of likely N-dealkylation sites (tertiary alicyclic amines) is 1. The number of nitriles is 1. The van der Waals surface area contributed by atoms with Crippen molar-refractivity contribution < 1.29 is 9.53 Å². The van der Waals surface area contributed by atoms with Crippen LogP contribution in [0.2, 0.25) is 0 Å². The Morgan fingerprint density at radius 3 is 2.72 bits per heavy atom. The Hall–Kier alpha value is -3.96. The molecule has 36 heavy (non-hydrogen) atoms. The van der Waals surface area contributed by atoms with E-state index in [9.17, 15) is 4.79 Å². The smallest absolute Gasteiger partial charge is 0.270 e. The SMILES string of the molecule is C=C(C#N)CNc1c(OC(C)C)ccc2ccc(-c3nccc(C(=O)NC4CCN(C)CC4)n3)cc12. The number of carbonyl (C=O) groups excluding carboxylic acids is 1. The van der Waals surface area contributed by atoms with Gasteiger partial charge in [0.2, 0.25) is 0 Å². The summed E-state index contributed by atoms with van der Waals surface area (Å²) in [5.41, 5.74) is 2.32. The van der Waals surface area contributed by atoms with Crippen LogP contribution in [0.3, 0.4) is 0 Å². The second-order valence-electron chi connectivity index (χ2n) is 9.43. The normalized spacial score (nSPS) is 14.4. The molecule has 8 nitrogen and oxygen atoms in total. The van der Waals surface area contributed by atoms with Crippen molar-refractivity contribution in [2.24, 2.45) is 0 Å². The highest BCUT2D eigenvalue weighted by atomic mass is 16.5. The number of nitrogens with zero attached hydrogens (tertiary/aromatic N) is 4. The van der Waals surface area contributed by atoms with Crippen LogP contribution in [0, 0.1) is 11.3 Å². The van der Waals surface area contributed by atoms with Gasteiger partial charge in [-0.1, -0.05) is 24.8 Å². The number of fused-ring (bicyclic) bond motifs is 1. The van der Waals surface area contributed by atoms with Crippen LogP contribution in [-0.4, -0.2) is 59.6 Å². The number of rotatable bonds is 8. The number of nitrogens with one attached hydrogen (secondary N) is 2. The Labute approximate surface area is 212 Å². The highest BCUT2D eigenvalue weighted by Crippen LogP contribution is 2.36. The Morgan fingerprint density at radius 1 is 1.25 bits per heavy atom. The molecular formula is C28H32N6O2. The lowest BCUT2D eigenvalue weighted by molar-refractivity contribution is 0.0911. The van der Waals surface area contributed by atoms with Crippen molar-refractivity contribution in [3.05, 3.63) is 60.4 Å². The van der Waals surface area contributed by atoms with E-state index in [2.05, 4.69) is 45.2 Å². The molecule has 0 saturated carbocycles. The van der Waals surface area contributed by atoms with Crippen LogP contribution in [0.25, 0.3) is 22.2 Å².